The third kappa shape index (κ3) is 2.90. The molecule has 0 amide bonds. The van der Waals surface area contributed by atoms with E-state index in [1.54, 1.807) is 19.2 Å². The normalized spacial score (nSPS) is 10.2. The van der Waals surface area contributed by atoms with Crippen molar-refractivity contribution in [2.75, 3.05) is 5.32 Å². The van der Waals surface area contributed by atoms with Gasteiger partial charge < -0.3 is 5.32 Å². The molecule has 0 aliphatic carbocycles. The van der Waals surface area contributed by atoms with Gasteiger partial charge in [-0.15, -0.1) is 0 Å². The van der Waals surface area contributed by atoms with Gasteiger partial charge >= 0.3 is 0 Å². The number of nitrogens with one attached hydrogen (secondary N) is 1. The van der Waals surface area contributed by atoms with Gasteiger partial charge in [-0.1, -0.05) is 27.5 Å². The summed E-state index contributed by atoms with van der Waals surface area (Å²) in [5.41, 5.74) is 0. The van der Waals surface area contributed by atoms with Gasteiger partial charge in [0.25, 0.3) is 0 Å². The molecule has 0 fully saturated rings. The molecule has 0 unspecified atom stereocenters. The fraction of sp³-hybridized carbons (Fsp3) is 0.100. The standard InChI is InChI=1S/C10H8BrClN4/c1-6-14-8(12)5-10(15-6)16-9-4-7(11)2-3-13-9/h2-5H,1H3,(H,13,14,15,16). The molecule has 0 bridgehead atoms. The third-order valence-electron chi connectivity index (χ3n) is 1.78. The minimum atomic E-state index is 0.407. The predicted octanol–water partition coefficient (Wildman–Crippen LogP) is 3.34. The van der Waals surface area contributed by atoms with E-state index in [9.17, 15) is 0 Å². The molecule has 0 radical (unpaired) electrons. The van der Waals surface area contributed by atoms with Crippen LogP contribution in [0.2, 0.25) is 5.15 Å². The van der Waals surface area contributed by atoms with Gasteiger partial charge in [0.2, 0.25) is 0 Å². The molecule has 16 heavy (non-hydrogen) atoms. The second-order valence-electron chi connectivity index (χ2n) is 3.11. The molecule has 4 nitrogen and oxygen atoms in total. The lowest BCUT2D eigenvalue weighted by Gasteiger charge is -2.05. The van der Waals surface area contributed by atoms with Gasteiger partial charge in [0.05, 0.1) is 0 Å². The van der Waals surface area contributed by atoms with Gasteiger partial charge in [-0.25, -0.2) is 15.0 Å². The van der Waals surface area contributed by atoms with Crippen LogP contribution in [0.5, 0.6) is 0 Å². The highest BCUT2D eigenvalue weighted by atomic mass is 79.9. The summed E-state index contributed by atoms with van der Waals surface area (Å²) in [5.74, 6) is 1.94. The van der Waals surface area contributed by atoms with E-state index in [4.69, 9.17) is 11.6 Å². The first-order valence-electron chi connectivity index (χ1n) is 4.53. The van der Waals surface area contributed by atoms with E-state index in [1.807, 2.05) is 12.1 Å². The van der Waals surface area contributed by atoms with Crippen molar-refractivity contribution in [1.29, 1.82) is 0 Å². The fourth-order valence-corrected chi connectivity index (χ4v) is 1.76. The fourth-order valence-electron chi connectivity index (χ4n) is 1.20. The van der Waals surface area contributed by atoms with Crippen molar-refractivity contribution in [2.45, 2.75) is 6.92 Å². The zero-order valence-corrected chi connectivity index (χ0v) is 10.7. The second kappa shape index (κ2) is 4.76. The van der Waals surface area contributed by atoms with Crippen molar-refractivity contribution in [3.63, 3.8) is 0 Å². The average molecular weight is 300 g/mol. The summed E-state index contributed by atoms with van der Waals surface area (Å²) < 4.78 is 0.946. The van der Waals surface area contributed by atoms with Gasteiger partial charge in [0.1, 0.15) is 22.6 Å². The number of nitrogens with zero attached hydrogens (tertiary/aromatic N) is 3. The zero-order valence-electron chi connectivity index (χ0n) is 8.41. The maximum absolute atomic E-state index is 5.83. The predicted molar refractivity (Wildman–Crippen MR) is 67.0 cm³/mol. The maximum Gasteiger partial charge on any atom is 0.136 e. The lowest BCUT2D eigenvalue weighted by atomic mass is 10.4. The maximum atomic E-state index is 5.83. The zero-order chi connectivity index (χ0) is 11.5. The Bertz CT molecular complexity index is 498. The Morgan fingerprint density at radius 2 is 2.06 bits per heavy atom. The first-order valence-corrected chi connectivity index (χ1v) is 5.70. The van der Waals surface area contributed by atoms with Gasteiger partial charge in [0, 0.05) is 16.7 Å². The summed E-state index contributed by atoms with van der Waals surface area (Å²) in [6.45, 7) is 1.78. The van der Waals surface area contributed by atoms with E-state index in [0.717, 1.165) is 4.47 Å². The van der Waals surface area contributed by atoms with Crippen molar-refractivity contribution in [2.24, 2.45) is 0 Å². The van der Waals surface area contributed by atoms with E-state index in [2.05, 4.69) is 36.2 Å². The van der Waals surface area contributed by atoms with Crippen molar-refractivity contribution in [3.05, 3.63) is 39.8 Å². The highest BCUT2D eigenvalue weighted by Gasteiger charge is 2.01. The summed E-state index contributed by atoms with van der Waals surface area (Å²) in [7, 11) is 0. The van der Waals surface area contributed by atoms with Crippen LogP contribution < -0.4 is 5.32 Å². The molecule has 82 valence electrons. The molecule has 2 heterocycles. The number of hydrogen-bond donors (Lipinski definition) is 1. The second-order valence-corrected chi connectivity index (χ2v) is 4.41. The van der Waals surface area contributed by atoms with Gasteiger partial charge in [-0.05, 0) is 19.1 Å². The number of halogens is 2. The van der Waals surface area contributed by atoms with E-state index in [1.165, 1.54) is 0 Å². The monoisotopic (exact) mass is 298 g/mol. The molecular formula is C10H8BrClN4. The minimum absolute atomic E-state index is 0.407. The third-order valence-corrected chi connectivity index (χ3v) is 2.47. The molecular weight excluding hydrogens is 291 g/mol. The lowest BCUT2D eigenvalue weighted by Crippen LogP contribution is -1.98. The van der Waals surface area contributed by atoms with Crippen molar-refractivity contribution in [3.8, 4) is 0 Å². The summed E-state index contributed by atoms with van der Waals surface area (Å²) in [6, 6.07) is 5.35. The van der Waals surface area contributed by atoms with E-state index >= 15 is 0 Å². The van der Waals surface area contributed by atoms with Crippen molar-refractivity contribution in [1.82, 2.24) is 15.0 Å². The Balaban J connectivity index is 2.27. The first-order chi connectivity index (χ1) is 7.63. The summed E-state index contributed by atoms with van der Waals surface area (Å²) in [4.78, 5) is 12.3. The molecule has 0 spiro atoms. The topological polar surface area (TPSA) is 50.7 Å². The molecule has 0 aromatic carbocycles. The van der Waals surface area contributed by atoms with Gasteiger partial charge in [-0.3, -0.25) is 0 Å². The van der Waals surface area contributed by atoms with Crippen LogP contribution in [-0.2, 0) is 0 Å². The molecule has 1 N–H and O–H groups in total. The average Bonchev–Trinajstić information content (AvgIpc) is 2.15. The Hall–Kier alpha value is -1.20. The van der Waals surface area contributed by atoms with Gasteiger partial charge in [-0.2, -0.15) is 0 Å². The minimum Gasteiger partial charge on any atom is -0.325 e. The van der Waals surface area contributed by atoms with E-state index in [0.29, 0.717) is 22.6 Å². The molecule has 0 aliphatic rings. The Kier molecular flexibility index (Phi) is 3.36. The number of aryl methyl sites for hydroxylation is 1. The quantitative estimate of drug-likeness (QED) is 0.864. The largest absolute Gasteiger partial charge is 0.325 e. The molecule has 2 rings (SSSR count). The van der Waals surface area contributed by atoms with Crippen LogP contribution in [0.15, 0.2) is 28.9 Å². The summed E-state index contributed by atoms with van der Waals surface area (Å²) >= 11 is 9.19. The van der Waals surface area contributed by atoms with Crippen LogP contribution in [0.25, 0.3) is 0 Å². The number of hydrogen-bond acceptors (Lipinski definition) is 4. The number of aromatic nitrogens is 3. The van der Waals surface area contributed by atoms with Crippen LogP contribution in [0.1, 0.15) is 5.82 Å². The highest BCUT2D eigenvalue weighted by Crippen LogP contribution is 2.18. The van der Waals surface area contributed by atoms with Crippen LogP contribution in [0.4, 0.5) is 11.6 Å². The van der Waals surface area contributed by atoms with E-state index < -0.39 is 0 Å². The van der Waals surface area contributed by atoms with Crippen LogP contribution in [0.3, 0.4) is 0 Å². The first kappa shape index (κ1) is 11.3. The molecule has 0 saturated heterocycles. The number of rotatable bonds is 2. The van der Waals surface area contributed by atoms with Gasteiger partial charge in [0.15, 0.2) is 0 Å². The molecule has 2 aromatic rings. The molecule has 2 aromatic heterocycles. The SMILES string of the molecule is Cc1nc(Cl)cc(Nc2cc(Br)ccn2)n1. The number of anilines is 2. The van der Waals surface area contributed by atoms with E-state index in [-0.39, 0.29) is 0 Å². The van der Waals surface area contributed by atoms with Crippen molar-refractivity contribution >= 4 is 39.2 Å². The highest BCUT2D eigenvalue weighted by molar-refractivity contribution is 9.10. The summed E-state index contributed by atoms with van der Waals surface area (Å²) in [5, 5.41) is 3.46. The molecule has 0 atom stereocenters. The lowest BCUT2D eigenvalue weighted by molar-refractivity contribution is 1.05. The van der Waals surface area contributed by atoms with Crippen LogP contribution in [0, 0.1) is 6.92 Å². The van der Waals surface area contributed by atoms with Crippen LogP contribution in [-0.4, -0.2) is 15.0 Å². The molecule has 6 heteroatoms. The molecule has 0 aliphatic heterocycles. The van der Waals surface area contributed by atoms with Crippen LogP contribution >= 0.6 is 27.5 Å². The summed E-state index contributed by atoms with van der Waals surface area (Å²) in [6.07, 6.45) is 1.70. The number of pyridine rings is 1. The Morgan fingerprint density at radius 3 is 2.75 bits per heavy atom. The Morgan fingerprint density at radius 1 is 1.25 bits per heavy atom. The Labute approximate surface area is 106 Å². The smallest absolute Gasteiger partial charge is 0.136 e. The molecule has 0 saturated carbocycles. The van der Waals surface area contributed by atoms with Crippen molar-refractivity contribution < 1.29 is 0 Å².